The van der Waals surface area contributed by atoms with Gasteiger partial charge < -0.3 is 16.0 Å². The molecule has 0 aromatic rings. The predicted molar refractivity (Wildman–Crippen MR) is 63.8 cm³/mol. The molecule has 16 heavy (non-hydrogen) atoms. The SMILES string of the molecule is CCN(CC)C(=O)CNC(=O)CCCCN. The van der Waals surface area contributed by atoms with E-state index in [1.807, 2.05) is 13.8 Å². The number of hydrogen-bond donors (Lipinski definition) is 2. The molecule has 0 bridgehead atoms. The Morgan fingerprint density at radius 3 is 2.31 bits per heavy atom. The van der Waals surface area contributed by atoms with Gasteiger partial charge >= 0.3 is 0 Å². The zero-order chi connectivity index (χ0) is 12.4. The average Bonchev–Trinajstić information content (AvgIpc) is 2.28. The lowest BCUT2D eigenvalue weighted by atomic mass is 10.2. The molecule has 0 aliphatic heterocycles. The van der Waals surface area contributed by atoms with Crippen LogP contribution in [0.2, 0.25) is 0 Å². The molecule has 0 radical (unpaired) electrons. The van der Waals surface area contributed by atoms with Crippen LogP contribution in [0.3, 0.4) is 0 Å². The first-order valence-corrected chi connectivity index (χ1v) is 5.90. The molecule has 0 heterocycles. The summed E-state index contributed by atoms with van der Waals surface area (Å²) in [4.78, 5) is 24.5. The summed E-state index contributed by atoms with van der Waals surface area (Å²) in [5.74, 6) is -0.105. The summed E-state index contributed by atoms with van der Waals surface area (Å²) in [6.07, 6.45) is 2.07. The third kappa shape index (κ3) is 6.40. The van der Waals surface area contributed by atoms with Gasteiger partial charge in [-0.2, -0.15) is 0 Å². The standard InChI is InChI=1S/C11H23N3O2/c1-3-14(4-2)11(16)9-13-10(15)7-5-6-8-12/h3-9,12H2,1-2H3,(H,13,15). The largest absolute Gasteiger partial charge is 0.347 e. The van der Waals surface area contributed by atoms with Crippen LogP contribution >= 0.6 is 0 Å². The minimum atomic E-state index is -0.0750. The number of carbonyl (C=O) groups excluding carboxylic acids is 2. The molecule has 94 valence electrons. The van der Waals surface area contributed by atoms with E-state index >= 15 is 0 Å². The molecule has 0 saturated carbocycles. The number of hydrogen-bond acceptors (Lipinski definition) is 3. The predicted octanol–water partition coefficient (Wildman–Crippen LogP) is 0.100. The van der Waals surface area contributed by atoms with Gasteiger partial charge in [-0.3, -0.25) is 9.59 Å². The normalized spacial score (nSPS) is 9.94. The van der Waals surface area contributed by atoms with Crippen LogP contribution in [0, 0.1) is 0 Å². The second kappa shape index (κ2) is 9.15. The quantitative estimate of drug-likeness (QED) is 0.580. The number of nitrogens with zero attached hydrogens (tertiary/aromatic N) is 1. The Hall–Kier alpha value is -1.10. The second-order valence-electron chi connectivity index (χ2n) is 3.59. The van der Waals surface area contributed by atoms with Gasteiger partial charge in [0.25, 0.3) is 0 Å². The molecule has 5 nitrogen and oxygen atoms in total. The van der Waals surface area contributed by atoms with Crippen LogP contribution in [0.5, 0.6) is 0 Å². The highest BCUT2D eigenvalue weighted by Gasteiger charge is 2.10. The van der Waals surface area contributed by atoms with Gasteiger partial charge in [0.05, 0.1) is 6.54 Å². The maximum Gasteiger partial charge on any atom is 0.241 e. The van der Waals surface area contributed by atoms with Crippen molar-refractivity contribution in [3.8, 4) is 0 Å². The topological polar surface area (TPSA) is 75.4 Å². The fourth-order valence-corrected chi connectivity index (χ4v) is 1.38. The van der Waals surface area contributed by atoms with Crippen molar-refractivity contribution in [2.75, 3.05) is 26.2 Å². The van der Waals surface area contributed by atoms with Crippen molar-refractivity contribution in [3.05, 3.63) is 0 Å². The highest BCUT2D eigenvalue weighted by atomic mass is 16.2. The molecule has 0 aromatic heterocycles. The number of carbonyl (C=O) groups is 2. The lowest BCUT2D eigenvalue weighted by Gasteiger charge is -2.18. The van der Waals surface area contributed by atoms with E-state index in [-0.39, 0.29) is 18.4 Å². The highest BCUT2D eigenvalue weighted by molar-refractivity contribution is 5.84. The van der Waals surface area contributed by atoms with Crippen LogP contribution in [-0.4, -0.2) is 42.9 Å². The fourth-order valence-electron chi connectivity index (χ4n) is 1.38. The first-order valence-electron chi connectivity index (χ1n) is 5.90. The van der Waals surface area contributed by atoms with Crippen molar-refractivity contribution < 1.29 is 9.59 Å². The summed E-state index contributed by atoms with van der Waals surface area (Å²) >= 11 is 0. The van der Waals surface area contributed by atoms with Gasteiger partial charge in [-0.05, 0) is 33.2 Å². The van der Waals surface area contributed by atoms with Crippen molar-refractivity contribution in [1.82, 2.24) is 10.2 Å². The minimum absolute atomic E-state index is 0.0304. The zero-order valence-electron chi connectivity index (χ0n) is 10.3. The summed E-state index contributed by atoms with van der Waals surface area (Å²) in [6, 6.07) is 0. The molecule has 0 saturated heterocycles. The van der Waals surface area contributed by atoms with E-state index in [1.165, 1.54) is 0 Å². The summed E-state index contributed by atoms with van der Waals surface area (Å²) in [5, 5.41) is 2.62. The number of nitrogens with one attached hydrogen (secondary N) is 1. The van der Waals surface area contributed by atoms with E-state index in [0.29, 0.717) is 26.1 Å². The van der Waals surface area contributed by atoms with Gasteiger partial charge in [0.15, 0.2) is 0 Å². The van der Waals surface area contributed by atoms with Crippen molar-refractivity contribution in [2.45, 2.75) is 33.1 Å². The van der Waals surface area contributed by atoms with Crippen molar-refractivity contribution in [3.63, 3.8) is 0 Å². The number of likely N-dealkylation sites (N-methyl/N-ethyl adjacent to an activating group) is 1. The maximum atomic E-state index is 11.5. The first kappa shape index (κ1) is 14.9. The maximum absolute atomic E-state index is 11.5. The van der Waals surface area contributed by atoms with Gasteiger partial charge in [-0.15, -0.1) is 0 Å². The second-order valence-corrected chi connectivity index (χ2v) is 3.59. The zero-order valence-corrected chi connectivity index (χ0v) is 10.3. The molecule has 0 aliphatic carbocycles. The van der Waals surface area contributed by atoms with Gasteiger partial charge in [0.2, 0.25) is 11.8 Å². The van der Waals surface area contributed by atoms with E-state index < -0.39 is 0 Å². The summed E-state index contributed by atoms with van der Waals surface area (Å²) in [7, 11) is 0. The Morgan fingerprint density at radius 2 is 1.81 bits per heavy atom. The van der Waals surface area contributed by atoms with Crippen LogP contribution in [-0.2, 0) is 9.59 Å². The summed E-state index contributed by atoms with van der Waals surface area (Å²) in [6.45, 7) is 5.90. The lowest BCUT2D eigenvalue weighted by molar-refractivity contribution is -0.132. The van der Waals surface area contributed by atoms with Crippen molar-refractivity contribution in [2.24, 2.45) is 5.73 Å². The minimum Gasteiger partial charge on any atom is -0.347 e. The number of rotatable bonds is 8. The van der Waals surface area contributed by atoms with Crippen LogP contribution in [0.15, 0.2) is 0 Å². The Labute approximate surface area is 97.4 Å². The van der Waals surface area contributed by atoms with Crippen LogP contribution < -0.4 is 11.1 Å². The highest BCUT2D eigenvalue weighted by Crippen LogP contribution is 1.93. The molecule has 2 amide bonds. The van der Waals surface area contributed by atoms with Gasteiger partial charge in [0, 0.05) is 19.5 Å². The molecule has 3 N–H and O–H groups in total. The molecule has 0 spiro atoms. The van der Waals surface area contributed by atoms with Crippen LogP contribution in [0.4, 0.5) is 0 Å². The number of nitrogens with two attached hydrogens (primary N) is 1. The Bertz CT molecular complexity index is 215. The molecule has 5 heteroatoms. The smallest absolute Gasteiger partial charge is 0.241 e. The molecule has 0 aromatic carbocycles. The van der Waals surface area contributed by atoms with E-state index in [0.717, 1.165) is 12.8 Å². The third-order valence-electron chi connectivity index (χ3n) is 2.41. The van der Waals surface area contributed by atoms with Gasteiger partial charge in [-0.1, -0.05) is 0 Å². The Kier molecular flexibility index (Phi) is 8.52. The number of amides is 2. The van der Waals surface area contributed by atoms with E-state index in [9.17, 15) is 9.59 Å². The van der Waals surface area contributed by atoms with E-state index in [4.69, 9.17) is 5.73 Å². The third-order valence-corrected chi connectivity index (χ3v) is 2.41. The van der Waals surface area contributed by atoms with Crippen molar-refractivity contribution in [1.29, 1.82) is 0 Å². The van der Waals surface area contributed by atoms with Crippen molar-refractivity contribution >= 4 is 11.8 Å². The number of unbranched alkanes of at least 4 members (excludes halogenated alkanes) is 1. The van der Waals surface area contributed by atoms with Gasteiger partial charge in [-0.25, -0.2) is 0 Å². The first-order chi connectivity index (χ1) is 7.65. The average molecular weight is 229 g/mol. The fraction of sp³-hybridized carbons (Fsp3) is 0.818. The van der Waals surface area contributed by atoms with Crippen LogP contribution in [0.25, 0.3) is 0 Å². The molecule has 0 rings (SSSR count). The summed E-state index contributed by atoms with van der Waals surface area (Å²) in [5.41, 5.74) is 5.32. The lowest BCUT2D eigenvalue weighted by Crippen LogP contribution is -2.39. The van der Waals surface area contributed by atoms with E-state index in [2.05, 4.69) is 5.32 Å². The molecule has 0 atom stereocenters. The molecular formula is C11H23N3O2. The molecule has 0 aliphatic rings. The summed E-state index contributed by atoms with van der Waals surface area (Å²) < 4.78 is 0. The van der Waals surface area contributed by atoms with Crippen LogP contribution in [0.1, 0.15) is 33.1 Å². The Balaban J connectivity index is 3.70. The van der Waals surface area contributed by atoms with Gasteiger partial charge in [0.1, 0.15) is 0 Å². The molecule has 0 fully saturated rings. The molecular weight excluding hydrogens is 206 g/mol. The molecule has 0 unspecified atom stereocenters. The monoisotopic (exact) mass is 229 g/mol. The van der Waals surface area contributed by atoms with E-state index in [1.54, 1.807) is 4.90 Å². The Morgan fingerprint density at radius 1 is 1.19 bits per heavy atom.